The molecule has 0 fully saturated rings. The van der Waals surface area contributed by atoms with Gasteiger partial charge in [0.25, 0.3) is 0 Å². The molecule has 0 radical (unpaired) electrons. The summed E-state index contributed by atoms with van der Waals surface area (Å²) in [7, 11) is 0. The Morgan fingerprint density at radius 2 is 1.40 bits per heavy atom. The van der Waals surface area contributed by atoms with Gasteiger partial charge in [-0.3, -0.25) is 0 Å². The topological polar surface area (TPSA) is 35.2 Å². The van der Waals surface area contributed by atoms with Crippen molar-refractivity contribution >= 4 is 5.69 Å². The molecule has 1 aliphatic heterocycles. The van der Waals surface area contributed by atoms with E-state index in [1.54, 1.807) is 0 Å². The van der Waals surface area contributed by atoms with Crippen molar-refractivity contribution in [2.24, 2.45) is 0 Å². The Bertz CT molecular complexity index is 1000. The van der Waals surface area contributed by atoms with E-state index in [1.807, 2.05) is 18.2 Å². The minimum absolute atomic E-state index is 0.0862. The van der Waals surface area contributed by atoms with Crippen molar-refractivity contribution in [2.75, 3.05) is 5.73 Å². The zero-order valence-electron chi connectivity index (χ0n) is 14.5. The van der Waals surface area contributed by atoms with Crippen LogP contribution in [0.25, 0.3) is 0 Å². The van der Waals surface area contributed by atoms with Crippen LogP contribution in [0.1, 0.15) is 42.5 Å². The predicted octanol–water partition coefficient (Wildman–Crippen LogP) is 5.39. The van der Waals surface area contributed by atoms with Gasteiger partial charge in [-0.15, -0.1) is 0 Å². The van der Waals surface area contributed by atoms with Gasteiger partial charge in [0.1, 0.15) is 11.5 Å². The van der Waals surface area contributed by atoms with Crippen molar-refractivity contribution in [3.05, 3.63) is 89.0 Å². The molecule has 124 valence electrons. The van der Waals surface area contributed by atoms with Gasteiger partial charge in [-0.2, -0.15) is 0 Å². The number of hydrogen-bond acceptors (Lipinski definition) is 2. The van der Waals surface area contributed by atoms with E-state index in [1.165, 1.54) is 22.3 Å². The molecule has 3 aromatic rings. The lowest BCUT2D eigenvalue weighted by Crippen LogP contribution is -2.32. The summed E-state index contributed by atoms with van der Waals surface area (Å²) in [5.41, 5.74) is 12.1. The quantitative estimate of drug-likeness (QED) is 0.562. The van der Waals surface area contributed by atoms with E-state index in [0.29, 0.717) is 0 Å². The van der Waals surface area contributed by atoms with Crippen LogP contribution in [-0.4, -0.2) is 0 Å². The summed E-state index contributed by atoms with van der Waals surface area (Å²) >= 11 is 0. The first kappa shape index (κ1) is 14.6. The van der Waals surface area contributed by atoms with Crippen LogP contribution in [-0.2, 0) is 10.8 Å². The summed E-state index contributed by atoms with van der Waals surface area (Å²) in [6, 6.07) is 23.3. The van der Waals surface area contributed by atoms with Gasteiger partial charge in [-0.25, -0.2) is 0 Å². The molecule has 0 saturated heterocycles. The summed E-state index contributed by atoms with van der Waals surface area (Å²) in [4.78, 5) is 0. The molecule has 2 aliphatic rings. The van der Waals surface area contributed by atoms with Gasteiger partial charge in [0, 0.05) is 16.8 Å². The van der Waals surface area contributed by atoms with Crippen molar-refractivity contribution in [1.82, 2.24) is 0 Å². The van der Waals surface area contributed by atoms with Crippen LogP contribution in [0.5, 0.6) is 11.5 Å². The van der Waals surface area contributed by atoms with E-state index in [0.717, 1.165) is 23.6 Å². The van der Waals surface area contributed by atoms with Gasteiger partial charge in [0.15, 0.2) is 0 Å². The second kappa shape index (κ2) is 4.66. The Hall–Kier alpha value is -2.74. The highest BCUT2D eigenvalue weighted by atomic mass is 16.5. The number of fused-ring (bicyclic) bond motifs is 6. The third kappa shape index (κ3) is 1.80. The van der Waals surface area contributed by atoms with Crippen molar-refractivity contribution in [3.63, 3.8) is 0 Å². The van der Waals surface area contributed by atoms with Crippen molar-refractivity contribution in [2.45, 2.75) is 31.1 Å². The Kier molecular flexibility index (Phi) is 2.72. The Balaban J connectivity index is 1.93. The third-order valence-electron chi connectivity index (χ3n) is 5.85. The molecule has 0 aromatic heterocycles. The Morgan fingerprint density at radius 3 is 2.20 bits per heavy atom. The number of benzene rings is 3. The van der Waals surface area contributed by atoms with Crippen molar-refractivity contribution in [3.8, 4) is 11.5 Å². The molecule has 2 N–H and O–H groups in total. The molecule has 5 rings (SSSR count). The monoisotopic (exact) mass is 327 g/mol. The zero-order valence-corrected chi connectivity index (χ0v) is 14.5. The molecular weight excluding hydrogens is 306 g/mol. The maximum Gasteiger partial charge on any atom is 0.132 e. The van der Waals surface area contributed by atoms with Crippen LogP contribution in [0.15, 0.2) is 66.7 Å². The number of rotatable bonds is 0. The molecule has 1 aliphatic carbocycles. The highest BCUT2D eigenvalue weighted by Crippen LogP contribution is 2.62. The summed E-state index contributed by atoms with van der Waals surface area (Å²) < 4.78 is 6.25. The first-order valence-electron chi connectivity index (χ1n) is 8.80. The fraction of sp³-hybridized carbons (Fsp3) is 0.217. The molecule has 1 spiro atoms. The van der Waals surface area contributed by atoms with Gasteiger partial charge in [-0.1, -0.05) is 56.3 Å². The van der Waals surface area contributed by atoms with E-state index in [-0.39, 0.29) is 10.8 Å². The number of nitrogen functional groups attached to an aromatic ring is 1. The molecule has 1 heterocycles. The largest absolute Gasteiger partial charge is 0.457 e. The van der Waals surface area contributed by atoms with Crippen LogP contribution in [0.4, 0.5) is 5.69 Å². The molecule has 0 saturated carbocycles. The fourth-order valence-corrected chi connectivity index (χ4v) is 4.92. The van der Waals surface area contributed by atoms with Crippen LogP contribution >= 0.6 is 0 Å². The third-order valence-corrected chi connectivity index (χ3v) is 5.85. The summed E-state index contributed by atoms with van der Waals surface area (Å²) in [5, 5.41) is 0. The molecule has 0 amide bonds. The van der Waals surface area contributed by atoms with Crippen LogP contribution in [0, 0.1) is 0 Å². The van der Waals surface area contributed by atoms with E-state index in [4.69, 9.17) is 10.5 Å². The first-order valence-corrected chi connectivity index (χ1v) is 8.80. The number of ether oxygens (including phenoxy) is 1. The molecule has 1 unspecified atom stereocenters. The van der Waals surface area contributed by atoms with E-state index >= 15 is 0 Å². The second-order valence-corrected chi connectivity index (χ2v) is 7.87. The maximum absolute atomic E-state index is 6.25. The molecule has 3 aromatic carbocycles. The summed E-state index contributed by atoms with van der Waals surface area (Å²) in [6.07, 6.45) is 1.01. The average molecular weight is 327 g/mol. The smallest absolute Gasteiger partial charge is 0.132 e. The second-order valence-electron chi connectivity index (χ2n) is 7.87. The standard InChI is InChI=1S/C23H21NO/c1-22(2)14-23(17-8-4-3-7-16(17)22)18-9-5-6-10-20(18)25-21-12-11-15(24)13-19(21)23/h3-13H,14,24H2,1-2H3. The number of hydrogen-bond donors (Lipinski definition) is 1. The normalized spacial score (nSPS) is 22.0. The van der Waals surface area contributed by atoms with E-state index in [2.05, 4.69) is 62.4 Å². The lowest BCUT2D eigenvalue weighted by molar-refractivity contribution is 0.382. The minimum Gasteiger partial charge on any atom is -0.457 e. The molecule has 2 nitrogen and oxygen atoms in total. The number of nitrogens with two attached hydrogens (primary N) is 1. The maximum atomic E-state index is 6.25. The van der Waals surface area contributed by atoms with E-state index in [9.17, 15) is 0 Å². The molecule has 0 bridgehead atoms. The molecular formula is C23H21NO. The Morgan fingerprint density at radius 1 is 0.760 bits per heavy atom. The van der Waals surface area contributed by atoms with Crippen LogP contribution < -0.4 is 10.5 Å². The van der Waals surface area contributed by atoms with Gasteiger partial charge < -0.3 is 10.5 Å². The summed E-state index contributed by atoms with van der Waals surface area (Å²) in [6.45, 7) is 4.68. The van der Waals surface area contributed by atoms with Crippen molar-refractivity contribution in [1.29, 1.82) is 0 Å². The average Bonchev–Trinajstić information content (AvgIpc) is 2.85. The van der Waals surface area contributed by atoms with Gasteiger partial charge in [0.05, 0.1) is 5.41 Å². The number of para-hydroxylation sites is 1. The molecule has 1 atom stereocenters. The lowest BCUT2D eigenvalue weighted by atomic mass is 9.67. The molecule has 2 heteroatoms. The fourth-order valence-electron chi connectivity index (χ4n) is 4.92. The first-order chi connectivity index (χ1) is 12.0. The zero-order chi connectivity index (χ0) is 17.2. The Labute approximate surface area is 148 Å². The molecule has 25 heavy (non-hydrogen) atoms. The highest BCUT2D eigenvalue weighted by molar-refractivity contribution is 5.69. The summed E-state index contributed by atoms with van der Waals surface area (Å²) in [5.74, 6) is 1.87. The van der Waals surface area contributed by atoms with Crippen LogP contribution in [0.3, 0.4) is 0 Å². The van der Waals surface area contributed by atoms with Crippen molar-refractivity contribution < 1.29 is 4.74 Å². The highest BCUT2D eigenvalue weighted by Gasteiger charge is 2.53. The SMILES string of the molecule is CC1(C)CC2(c3ccccc3Oc3ccc(N)cc32)c2ccccc21. The van der Waals surface area contributed by atoms with Gasteiger partial charge in [0.2, 0.25) is 0 Å². The van der Waals surface area contributed by atoms with Crippen LogP contribution in [0.2, 0.25) is 0 Å². The van der Waals surface area contributed by atoms with Gasteiger partial charge in [-0.05, 0) is 47.2 Å². The van der Waals surface area contributed by atoms with Gasteiger partial charge >= 0.3 is 0 Å². The predicted molar refractivity (Wildman–Crippen MR) is 101 cm³/mol. The minimum atomic E-state index is -0.209. The lowest BCUT2D eigenvalue weighted by Gasteiger charge is -2.39. The number of anilines is 1. The van der Waals surface area contributed by atoms with E-state index < -0.39 is 0 Å².